The number of hydrogen-bond acceptors (Lipinski definition) is 5. The molecule has 0 N–H and O–H groups in total. The van der Waals surface area contributed by atoms with Gasteiger partial charge in [0.2, 0.25) is 5.78 Å². The minimum Gasteiger partial charge on any atom is -0.318 e. The van der Waals surface area contributed by atoms with E-state index in [0.29, 0.717) is 12.0 Å². The van der Waals surface area contributed by atoms with Crippen LogP contribution in [0.15, 0.2) is 69.5 Å². The van der Waals surface area contributed by atoms with E-state index in [1.807, 2.05) is 42.5 Å². The Bertz CT molecular complexity index is 771. The number of hydrogen-bond donors (Lipinski definition) is 0. The summed E-state index contributed by atoms with van der Waals surface area (Å²) in [5.41, 5.74) is 0.824. The highest BCUT2D eigenvalue weighted by molar-refractivity contribution is 7.99. The van der Waals surface area contributed by atoms with Gasteiger partial charge < -0.3 is 4.84 Å². The first-order chi connectivity index (χ1) is 12.5. The Labute approximate surface area is 161 Å². The fourth-order valence-electron chi connectivity index (χ4n) is 2.09. The quantitative estimate of drug-likeness (QED) is 0.223. The predicted molar refractivity (Wildman–Crippen MR) is 109 cm³/mol. The average molecular weight is 389 g/mol. The van der Waals surface area contributed by atoms with Gasteiger partial charge in [0.25, 0.3) is 0 Å². The van der Waals surface area contributed by atoms with Crippen LogP contribution < -0.4 is 0 Å². The first-order valence-electron chi connectivity index (χ1n) is 8.12. The van der Waals surface area contributed by atoms with Gasteiger partial charge in [-0.25, -0.2) is 4.79 Å². The number of benzene rings is 2. The molecule has 0 spiro atoms. The van der Waals surface area contributed by atoms with Gasteiger partial charge in [-0.1, -0.05) is 35.1 Å². The van der Waals surface area contributed by atoms with Gasteiger partial charge >= 0.3 is 5.97 Å². The largest absolute Gasteiger partial charge is 0.331 e. The Morgan fingerprint density at radius 1 is 1.00 bits per heavy atom. The fraction of sp³-hybridized carbons (Fsp3) is 0.250. The standard InChI is InChI=1S/C20H22NO3S2/c1-15(22)24-21-19(13-14-26(2)3)20(23)16-9-11-18(12-10-16)25-17-7-5-4-6-8-17/h4-12H,13-14H2,1-3H3/q+1. The summed E-state index contributed by atoms with van der Waals surface area (Å²) < 4.78 is 0. The molecule has 0 atom stereocenters. The molecule has 0 aliphatic heterocycles. The van der Waals surface area contributed by atoms with E-state index >= 15 is 0 Å². The number of carbonyl (C=O) groups excluding carboxylic acids is 2. The van der Waals surface area contributed by atoms with Crippen molar-refractivity contribution < 1.29 is 14.4 Å². The SMILES string of the molecule is CC(=O)ON=C(CC[S+](C)C)C(=O)c1ccc(Sc2ccccc2)cc1. The van der Waals surface area contributed by atoms with Gasteiger partial charge in [0.1, 0.15) is 11.5 Å². The Balaban J connectivity index is 2.12. The van der Waals surface area contributed by atoms with Crippen molar-refractivity contribution in [3.8, 4) is 0 Å². The second-order valence-corrected chi connectivity index (χ2v) is 9.36. The lowest BCUT2D eigenvalue weighted by molar-refractivity contribution is -0.140. The van der Waals surface area contributed by atoms with Crippen LogP contribution in [0.5, 0.6) is 0 Å². The minimum absolute atomic E-state index is 0.173. The van der Waals surface area contributed by atoms with E-state index in [2.05, 4.69) is 17.7 Å². The van der Waals surface area contributed by atoms with Crippen molar-refractivity contribution in [2.24, 2.45) is 5.16 Å². The molecule has 136 valence electrons. The zero-order valence-corrected chi connectivity index (χ0v) is 16.7. The van der Waals surface area contributed by atoms with Crippen LogP contribution in [0.1, 0.15) is 23.7 Å². The highest BCUT2D eigenvalue weighted by Crippen LogP contribution is 2.27. The summed E-state index contributed by atoms with van der Waals surface area (Å²) in [5.74, 6) is 0.0956. The van der Waals surface area contributed by atoms with Crippen LogP contribution in [0.4, 0.5) is 0 Å². The van der Waals surface area contributed by atoms with E-state index in [-0.39, 0.29) is 22.4 Å². The molecule has 2 rings (SSSR count). The van der Waals surface area contributed by atoms with E-state index in [4.69, 9.17) is 4.84 Å². The fourth-order valence-corrected chi connectivity index (χ4v) is 3.53. The first-order valence-corrected chi connectivity index (χ1v) is 11.1. The Kier molecular flexibility index (Phi) is 7.94. The van der Waals surface area contributed by atoms with Crippen LogP contribution in [-0.4, -0.2) is 35.7 Å². The van der Waals surface area contributed by atoms with Gasteiger partial charge in [-0.15, -0.1) is 0 Å². The van der Waals surface area contributed by atoms with Crippen LogP contribution >= 0.6 is 11.8 Å². The summed E-state index contributed by atoms with van der Waals surface area (Å²) in [5, 5.41) is 3.78. The summed E-state index contributed by atoms with van der Waals surface area (Å²) in [6.07, 6.45) is 4.69. The molecule has 26 heavy (non-hydrogen) atoms. The third-order valence-electron chi connectivity index (χ3n) is 3.39. The molecular weight excluding hydrogens is 366 g/mol. The smallest absolute Gasteiger partial charge is 0.318 e. The molecule has 0 saturated heterocycles. The minimum atomic E-state index is -0.531. The molecule has 6 heteroatoms. The first kappa shape index (κ1) is 20.3. The topological polar surface area (TPSA) is 55.7 Å². The van der Waals surface area contributed by atoms with Crippen molar-refractivity contribution in [1.29, 1.82) is 0 Å². The molecular formula is C20H22NO3S2+. The van der Waals surface area contributed by atoms with Crippen molar-refractivity contribution in [3.05, 3.63) is 60.2 Å². The third-order valence-corrected chi connectivity index (χ3v) is 5.43. The molecule has 0 aliphatic carbocycles. The maximum Gasteiger partial charge on any atom is 0.331 e. The van der Waals surface area contributed by atoms with Crippen LogP contribution in [0.3, 0.4) is 0 Å². The summed E-state index contributed by atoms with van der Waals surface area (Å²) in [4.78, 5) is 30.6. The summed E-state index contributed by atoms with van der Waals surface area (Å²) in [6.45, 7) is 1.27. The van der Waals surface area contributed by atoms with E-state index < -0.39 is 5.97 Å². The van der Waals surface area contributed by atoms with Crippen LogP contribution in [-0.2, 0) is 20.5 Å². The Hall–Kier alpha value is -2.05. The van der Waals surface area contributed by atoms with Crippen LogP contribution in [0.2, 0.25) is 0 Å². The molecule has 0 aliphatic rings. The number of oxime groups is 1. The monoisotopic (exact) mass is 388 g/mol. The molecule has 0 saturated carbocycles. The summed E-state index contributed by atoms with van der Waals surface area (Å²) in [6, 6.07) is 17.5. The summed E-state index contributed by atoms with van der Waals surface area (Å²) >= 11 is 1.63. The van der Waals surface area contributed by atoms with E-state index in [1.165, 1.54) is 6.92 Å². The molecule has 2 aromatic rings. The number of carbonyl (C=O) groups is 2. The second kappa shape index (κ2) is 10.2. The van der Waals surface area contributed by atoms with E-state index in [9.17, 15) is 9.59 Å². The molecule has 0 aromatic heterocycles. The lowest BCUT2D eigenvalue weighted by Crippen LogP contribution is -2.19. The van der Waals surface area contributed by atoms with Crippen LogP contribution in [0.25, 0.3) is 0 Å². The third kappa shape index (κ3) is 6.69. The highest BCUT2D eigenvalue weighted by Gasteiger charge is 2.18. The van der Waals surface area contributed by atoms with Crippen molar-refractivity contribution in [1.82, 2.24) is 0 Å². The van der Waals surface area contributed by atoms with Gasteiger partial charge in [-0.05, 0) is 47.3 Å². The van der Waals surface area contributed by atoms with E-state index in [0.717, 1.165) is 15.5 Å². The number of nitrogens with zero attached hydrogens (tertiary/aromatic N) is 1. The van der Waals surface area contributed by atoms with Crippen LogP contribution in [0, 0.1) is 0 Å². The second-order valence-electron chi connectivity index (χ2n) is 5.83. The van der Waals surface area contributed by atoms with Crippen molar-refractivity contribution in [3.63, 3.8) is 0 Å². The zero-order chi connectivity index (χ0) is 18.9. The molecule has 0 unspecified atom stereocenters. The van der Waals surface area contributed by atoms with Crippen molar-refractivity contribution >= 4 is 40.1 Å². The van der Waals surface area contributed by atoms with Gasteiger partial charge in [0.15, 0.2) is 0 Å². The Morgan fingerprint density at radius 2 is 1.62 bits per heavy atom. The summed E-state index contributed by atoms with van der Waals surface area (Å²) in [7, 11) is 0.173. The maximum absolute atomic E-state index is 12.7. The maximum atomic E-state index is 12.7. The van der Waals surface area contributed by atoms with Gasteiger partial charge in [-0.2, -0.15) is 0 Å². The lowest BCUT2D eigenvalue weighted by atomic mass is 10.1. The molecule has 0 fully saturated rings. The molecule has 2 aromatic carbocycles. The molecule has 0 heterocycles. The average Bonchev–Trinajstić information content (AvgIpc) is 2.62. The number of rotatable bonds is 8. The molecule has 0 bridgehead atoms. The lowest BCUT2D eigenvalue weighted by Gasteiger charge is -2.06. The molecule has 0 amide bonds. The molecule has 0 radical (unpaired) electrons. The van der Waals surface area contributed by atoms with E-state index in [1.54, 1.807) is 23.9 Å². The normalized spacial score (nSPS) is 11.5. The molecule has 4 nitrogen and oxygen atoms in total. The number of Topliss-reactive ketones (excluding diaryl/α,β-unsaturated/α-hetero) is 1. The highest BCUT2D eigenvalue weighted by atomic mass is 32.2. The van der Waals surface area contributed by atoms with Crippen molar-refractivity contribution in [2.45, 2.75) is 23.1 Å². The predicted octanol–water partition coefficient (Wildman–Crippen LogP) is 4.21. The zero-order valence-electron chi connectivity index (χ0n) is 15.1. The Morgan fingerprint density at radius 3 is 2.19 bits per heavy atom. The van der Waals surface area contributed by atoms with Gasteiger partial charge in [0.05, 0.1) is 12.5 Å². The van der Waals surface area contributed by atoms with Gasteiger partial charge in [0, 0.05) is 28.7 Å². The van der Waals surface area contributed by atoms with Gasteiger partial charge in [-0.3, -0.25) is 4.79 Å². The van der Waals surface area contributed by atoms with Crippen molar-refractivity contribution in [2.75, 3.05) is 18.3 Å². The number of ketones is 1.